The van der Waals surface area contributed by atoms with Crippen molar-refractivity contribution in [2.75, 3.05) is 5.32 Å². The van der Waals surface area contributed by atoms with Crippen molar-refractivity contribution >= 4 is 32.5 Å². The number of anilines is 1. The summed E-state index contributed by atoms with van der Waals surface area (Å²) >= 11 is 0. The van der Waals surface area contributed by atoms with Gasteiger partial charge in [-0.2, -0.15) is 0 Å². The minimum atomic E-state index is -3.62. The number of aromatic amines is 1. The number of hydrogen-bond acceptors (Lipinski definition) is 5. The van der Waals surface area contributed by atoms with Gasteiger partial charge in [-0.3, -0.25) is 14.2 Å². The molecule has 0 unspecified atom stereocenters. The standard InChI is InChI=1S/C20H22N4O5S/c1-4-24-19(26)16-10-5-13(11-17(16)22-20(24)27)18(25)21-14-6-8-15(9-7-14)30(28,29)23-12(2)3/h5-12,23H,4H2,1-3H3,(H,21,25)(H,22,27). The zero-order chi connectivity index (χ0) is 22.1. The third-order valence-corrected chi connectivity index (χ3v) is 6.05. The third kappa shape index (κ3) is 4.34. The monoisotopic (exact) mass is 430 g/mol. The Bertz CT molecular complexity index is 1320. The molecule has 0 radical (unpaired) electrons. The van der Waals surface area contributed by atoms with Gasteiger partial charge in [-0.15, -0.1) is 0 Å². The van der Waals surface area contributed by atoms with Crippen LogP contribution in [-0.2, 0) is 16.6 Å². The number of fused-ring (bicyclic) bond motifs is 1. The first-order chi connectivity index (χ1) is 14.1. The first-order valence-electron chi connectivity index (χ1n) is 9.33. The second-order valence-corrected chi connectivity index (χ2v) is 8.71. The summed E-state index contributed by atoms with van der Waals surface area (Å²) in [6.45, 7) is 5.38. The lowest BCUT2D eigenvalue weighted by molar-refractivity contribution is 0.102. The zero-order valence-corrected chi connectivity index (χ0v) is 17.5. The van der Waals surface area contributed by atoms with E-state index in [1.807, 2.05) is 0 Å². The molecule has 2 aromatic carbocycles. The highest BCUT2D eigenvalue weighted by Gasteiger charge is 2.16. The average Bonchev–Trinajstić information content (AvgIpc) is 2.67. The minimum Gasteiger partial charge on any atom is -0.322 e. The van der Waals surface area contributed by atoms with Crippen molar-refractivity contribution in [3.8, 4) is 0 Å². The Morgan fingerprint density at radius 3 is 2.37 bits per heavy atom. The van der Waals surface area contributed by atoms with Gasteiger partial charge in [0.05, 0.1) is 15.8 Å². The van der Waals surface area contributed by atoms with E-state index in [4.69, 9.17) is 0 Å². The molecule has 1 aromatic heterocycles. The number of carbonyl (C=O) groups is 1. The Morgan fingerprint density at radius 2 is 1.77 bits per heavy atom. The molecule has 158 valence electrons. The molecule has 0 spiro atoms. The van der Waals surface area contributed by atoms with Crippen molar-refractivity contribution in [3.05, 3.63) is 68.9 Å². The molecule has 1 heterocycles. The van der Waals surface area contributed by atoms with Crippen LogP contribution in [0.2, 0.25) is 0 Å². The van der Waals surface area contributed by atoms with E-state index in [9.17, 15) is 22.8 Å². The molecular formula is C20H22N4O5S. The van der Waals surface area contributed by atoms with Gasteiger partial charge in [0.25, 0.3) is 11.5 Å². The molecule has 0 saturated carbocycles. The molecule has 1 amide bonds. The molecule has 3 N–H and O–H groups in total. The minimum absolute atomic E-state index is 0.0877. The largest absolute Gasteiger partial charge is 0.328 e. The third-order valence-electron chi connectivity index (χ3n) is 4.37. The fourth-order valence-electron chi connectivity index (χ4n) is 2.98. The predicted molar refractivity (Wildman–Crippen MR) is 114 cm³/mol. The summed E-state index contributed by atoms with van der Waals surface area (Å²) in [5, 5.41) is 2.97. The molecule has 0 aliphatic carbocycles. The van der Waals surface area contributed by atoms with Gasteiger partial charge in [-0.05, 0) is 63.2 Å². The van der Waals surface area contributed by atoms with Crippen molar-refractivity contribution in [2.45, 2.75) is 38.3 Å². The molecule has 0 aliphatic heterocycles. The molecule has 0 bridgehead atoms. The lowest BCUT2D eigenvalue weighted by Gasteiger charge is -2.11. The van der Waals surface area contributed by atoms with E-state index in [0.717, 1.165) is 4.57 Å². The fraction of sp³-hybridized carbons (Fsp3) is 0.250. The Balaban J connectivity index is 1.85. The number of benzene rings is 2. The van der Waals surface area contributed by atoms with Crippen LogP contribution in [0.3, 0.4) is 0 Å². The highest BCUT2D eigenvalue weighted by Crippen LogP contribution is 2.16. The topological polar surface area (TPSA) is 130 Å². The van der Waals surface area contributed by atoms with Crippen LogP contribution >= 0.6 is 0 Å². The van der Waals surface area contributed by atoms with Gasteiger partial charge in [0, 0.05) is 23.8 Å². The van der Waals surface area contributed by atoms with Gasteiger partial charge in [-0.1, -0.05) is 0 Å². The summed E-state index contributed by atoms with van der Waals surface area (Å²) in [5.74, 6) is -0.465. The predicted octanol–water partition coefficient (Wildman–Crippen LogP) is 1.65. The van der Waals surface area contributed by atoms with Crippen LogP contribution in [-0.4, -0.2) is 29.9 Å². The summed E-state index contributed by atoms with van der Waals surface area (Å²) in [4.78, 5) is 39.6. The van der Waals surface area contributed by atoms with Crippen LogP contribution in [0, 0.1) is 0 Å². The van der Waals surface area contributed by atoms with Gasteiger partial charge in [0.1, 0.15) is 0 Å². The molecule has 9 nitrogen and oxygen atoms in total. The van der Waals surface area contributed by atoms with Crippen LogP contribution < -0.4 is 21.3 Å². The van der Waals surface area contributed by atoms with E-state index >= 15 is 0 Å². The van der Waals surface area contributed by atoms with E-state index in [2.05, 4.69) is 15.0 Å². The quantitative estimate of drug-likeness (QED) is 0.547. The van der Waals surface area contributed by atoms with Crippen LogP contribution in [0.1, 0.15) is 31.1 Å². The Morgan fingerprint density at radius 1 is 1.10 bits per heavy atom. The van der Waals surface area contributed by atoms with Crippen molar-refractivity contribution in [1.29, 1.82) is 0 Å². The molecule has 30 heavy (non-hydrogen) atoms. The molecule has 0 aliphatic rings. The Hall–Kier alpha value is -3.24. The molecular weight excluding hydrogens is 408 g/mol. The van der Waals surface area contributed by atoms with E-state index < -0.39 is 27.2 Å². The molecule has 0 fully saturated rings. The van der Waals surface area contributed by atoms with Gasteiger partial charge in [0.15, 0.2) is 0 Å². The summed E-state index contributed by atoms with van der Waals surface area (Å²) in [5.41, 5.74) is -0.0543. The summed E-state index contributed by atoms with van der Waals surface area (Å²) in [7, 11) is -3.62. The second-order valence-electron chi connectivity index (χ2n) is 6.99. The Kier molecular flexibility index (Phi) is 5.90. The van der Waals surface area contributed by atoms with Crippen molar-refractivity contribution in [2.24, 2.45) is 0 Å². The van der Waals surface area contributed by atoms with Crippen molar-refractivity contribution < 1.29 is 13.2 Å². The normalized spacial score (nSPS) is 11.7. The van der Waals surface area contributed by atoms with Crippen LogP contribution in [0.5, 0.6) is 0 Å². The summed E-state index contributed by atoms with van der Waals surface area (Å²) in [6, 6.07) is 9.92. The second kappa shape index (κ2) is 8.25. The number of aromatic nitrogens is 2. The van der Waals surface area contributed by atoms with Crippen LogP contribution in [0.4, 0.5) is 5.69 Å². The summed E-state index contributed by atoms with van der Waals surface area (Å²) < 4.78 is 27.9. The number of rotatable bonds is 6. The van der Waals surface area contributed by atoms with Crippen LogP contribution in [0.25, 0.3) is 10.9 Å². The van der Waals surface area contributed by atoms with Crippen molar-refractivity contribution in [3.63, 3.8) is 0 Å². The first-order valence-corrected chi connectivity index (χ1v) is 10.8. The number of nitrogens with zero attached hydrogens (tertiary/aromatic N) is 1. The average molecular weight is 430 g/mol. The number of hydrogen-bond donors (Lipinski definition) is 3. The molecule has 3 rings (SSSR count). The number of H-pyrrole nitrogens is 1. The number of amides is 1. The van der Waals surface area contributed by atoms with E-state index in [1.54, 1.807) is 20.8 Å². The molecule has 0 atom stereocenters. The smallest absolute Gasteiger partial charge is 0.322 e. The number of carbonyl (C=O) groups excluding carboxylic acids is 1. The van der Waals surface area contributed by atoms with Gasteiger partial charge in [0.2, 0.25) is 10.0 Å². The van der Waals surface area contributed by atoms with E-state index in [0.29, 0.717) is 11.1 Å². The maximum absolute atomic E-state index is 12.6. The maximum Gasteiger partial charge on any atom is 0.328 e. The number of nitrogens with one attached hydrogen (secondary N) is 3. The molecule has 3 aromatic rings. The van der Waals surface area contributed by atoms with E-state index in [-0.39, 0.29) is 28.6 Å². The lowest BCUT2D eigenvalue weighted by atomic mass is 10.1. The highest BCUT2D eigenvalue weighted by molar-refractivity contribution is 7.89. The Labute approximate surface area is 172 Å². The van der Waals surface area contributed by atoms with Gasteiger partial charge < -0.3 is 10.3 Å². The maximum atomic E-state index is 12.6. The van der Waals surface area contributed by atoms with Crippen molar-refractivity contribution in [1.82, 2.24) is 14.3 Å². The molecule has 0 saturated heterocycles. The van der Waals surface area contributed by atoms with E-state index in [1.165, 1.54) is 42.5 Å². The van der Waals surface area contributed by atoms with Gasteiger partial charge >= 0.3 is 5.69 Å². The lowest BCUT2D eigenvalue weighted by Crippen LogP contribution is -2.34. The fourth-order valence-corrected chi connectivity index (χ4v) is 4.23. The highest BCUT2D eigenvalue weighted by atomic mass is 32.2. The van der Waals surface area contributed by atoms with Crippen LogP contribution in [0.15, 0.2) is 56.9 Å². The summed E-state index contributed by atoms with van der Waals surface area (Å²) in [6.07, 6.45) is 0. The molecule has 10 heteroatoms. The number of sulfonamides is 1. The SMILES string of the molecule is CCn1c(=O)[nH]c2cc(C(=O)Nc3ccc(S(=O)(=O)NC(C)C)cc3)ccc2c1=O. The van der Waals surface area contributed by atoms with Gasteiger partial charge in [-0.25, -0.2) is 17.9 Å². The zero-order valence-electron chi connectivity index (χ0n) is 16.7. The first kappa shape index (κ1) is 21.5.